The monoisotopic (exact) mass is 301 g/mol. The lowest BCUT2D eigenvalue weighted by Gasteiger charge is -2.16. The zero-order chi connectivity index (χ0) is 14.0. The van der Waals surface area contributed by atoms with Gasteiger partial charge in [0, 0.05) is 22.4 Å². The Hall–Kier alpha value is -1.26. The zero-order valence-corrected chi connectivity index (χ0v) is 11.5. The SMILES string of the molecule is O=C(N[C@H](Cc1c(Cl)cccc1Cl)C(=O)O)C1CC1. The minimum Gasteiger partial charge on any atom is -0.480 e. The Kier molecular flexibility index (Phi) is 4.32. The minimum atomic E-state index is -1.09. The highest BCUT2D eigenvalue weighted by molar-refractivity contribution is 6.36. The predicted octanol–water partition coefficient (Wildman–Crippen LogP) is 2.52. The van der Waals surface area contributed by atoms with Crippen LogP contribution in [0.5, 0.6) is 0 Å². The van der Waals surface area contributed by atoms with Crippen molar-refractivity contribution in [2.45, 2.75) is 25.3 Å². The number of halogens is 2. The molecule has 19 heavy (non-hydrogen) atoms. The maximum atomic E-state index is 11.6. The third kappa shape index (κ3) is 3.61. The molecule has 0 aliphatic heterocycles. The quantitative estimate of drug-likeness (QED) is 0.878. The van der Waals surface area contributed by atoms with Crippen LogP contribution >= 0.6 is 23.2 Å². The Balaban J connectivity index is 2.11. The van der Waals surface area contributed by atoms with E-state index in [0.29, 0.717) is 15.6 Å². The van der Waals surface area contributed by atoms with E-state index in [0.717, 1.165) is 12.8 Å². The van der Waals surface area contributed by atoms with Gasteiger partial charge in [-0.3, -0.25) is 4.79 Å². The van der Waals surface area contributed by atoms with E-state index in [2.05, 4.69) is 5.32 Å². The first-order valence-corrected chi connectivity index (χ1v) is 6.70. The number of benzene rings is 1. The highest BCUT2D eigenvalue weighted by atomic mass is 35.5. The first-order chi connectivity index (χ1) is 8.99. The third-order valence-corrected chi connectivity index (χ3v) is 3.74. The van der Waals surface area contributed by atoms with Gasteiger partial charge in [0.25, 0.3) is 0 Å². The van der Waals surface area contributed by atoms with Gasteiger partial charge < -0.3 is 10.4 Å². The van der Waals surface area contributed by atoms with Crippen LogP contribution < -0.4 is 5.32 Å². The Labute approximate surface area is 120 Å². The van der Waals surface area contributed by atoms with E-state index in [-0.39, 0.29) is 18.2 Å². The molecular formula is C13H13Cl2NO3. The summed E-state index contributed by atoms with van der Waals surface area (Å²) in [5, 5.41) is 12.5. The van der Waals surface area contributed by atoms with E-state index in [1.54, 1.807) is 18.2 Å². The Bertz CT molecular complexity index is 494. The number of nitrogens with one attached hydrogen (secondary N) is 1. The molecule has 0 spiro atoms. The van der Waals surface area contributed by atoms with Crippen molar-refractivity contribution in [3.8, 4) is 0 Å². The molecule has 1 atom stereocenters. The molecule has 0 bridgehead atoms. The van der Waals surface area contributed by atoms with Gasteiger partial charge in [-0.2, -0.15) is 0 Å². The van der Waals surface area contributed by atoms with E-state index < -0.39 is 12.0 Å². The molecule has 1 aliphatic rings. The van der Waals surface area contributed by atoms with Crippen molar-refractivity contribution >= 4 is 35.1 Å². The molecule has 2 rings (SSSR count). The van der Waals surface area contributed by atoms with Crippen LogP contribution in [0, 0.1) is 5.92 Å². The predicted molar refractivity (Wildman–Crippen MR) is 72.5 cm³/mol. The highest BCUT2D eigenvalue weighted by Crippen LogP contribution is 2.29. The standard InChI is InChI=1S/C13H13Cl2NO3/c14-9-2-1-3-10(15)8(9)6-11(13(18)19)16-12(17)7-4-5-7/h1-3,7,11H,4-6H2,(H,16,17)(H,18,19)/t11-/m1/s1. The topological polar surface area (TPSA) is 66.4 Å². The molecule has 1 fully saturated rings. The zero-order valence-electron chi connectivity index (χ0n) is 10.0. The van der Waals surface area contributed by atoms with Crippen molar-refractivity contribution < 1.29 is 14.7 Å². The summed E-state index contributed by atoms with van der Waals surface area (Å²) in [6.07, 6.45) is 1.72. The third-order valence-electron chi connectivity index (χ3n) is 3.03. The maximum Gasteiger partial charge on any atom is 0.326 e. The number of rotatable bonds is 5. The number of carboxylic acids is 1. The molecule has 1 aromatic carbocycles. The summed E-state index contributed by atoms with van der Waals surface area (Å²) in [6.45, 7) is 0. The van der Waals surface area contributed by atoms with Gasteiger partial charge in [0.2, 0.25) is 5.91 Å². The molecule has 0 unspecified atom stereocenters. The molecule has 1 aromatic rings. The van der Waals surface area contributed by atoms with Gasteiger partial charge in [-0.15, -0.1) is 0 Å². The molecule has 1 aliphatic carbocycles. The van der Waals surface area contributed by atoms with Gasteiger partial charge in [0.05, 0.1) is 0 Å². The number of aliphatic carboxylic acids is 1. The summed E-state index contributed by atoms with van der Waals surface area (Å²) in [5.41, 5.74) is 0.536. The first kappa shape index (κ1) is 14.2. The van der Waals surface area contributed by atoms with Crippen molar-refractivity contribution in [1.82, 2.24) is 5.32 Å². The molecule has 102 valence electrons. The Morgan fingerprint density at radius 2 is 1.89 bits per heavy atom. The van der Waals surface area contributed by atoms with Gasteiger partial charge in [0.1, 0.15) is 6.04 Å². The molecule has 0 radical (unpaired) electrons. The normalized spacial score (nSPS) is 15.9. The number of amides is 1. The fraction of sp³-hybridized carbons (Fsp3) is 0.385. The van der Waals surface area contributed by atoms with Gasteiger partial charge in [0.15, 0.2) is 0 Å². The van der Waals surface area contributed by atoms with E-state index in [9.17, 15) is 9.59 Å². The van der Waals surface area contributed by atoms with E-state index >= 15 is 0 Å². The largest absolute Gasteiger partial charge is 0.480 e. The summed E-state index contributed by atoms with van der Waals surface area (Å²) < 4.78 is 0. The summed E-state index contributed by atoms with van der Waals surface area (Å²) in [6, 6.07) is 3.96. The molecule has 6 heteroatoms. The lowest BCUT2D eigenvalue weighted by Crippen LogP contribution is -2.43. The van der Waals surface area contributed by atoms with Crippen LogP contribution in [0.1, 0.15) is 18.4 Å². The van der Waals surface area contributed by atoms with Gasteiger partial charge in [-0.05, 0) is 30.5 Å². The lowest BCUT2D eigenvalue weighted by atomic mass is 10.1. The van der Waals surface area contributed by atoms with Crippen LogP contribution in [0.25, 0.3) is 0 Å². The Morgan fingerprint density at radius 3 is 2.37 bits per heavy atom. The number of carboxylic acid groups (broad SMARTS) is 1. The highest BCUT2D eigenvalue weighted by Gasteiger charge is 2.33. The smallest absolute Gasteiger partial charge is 0.326 e. The lowest BCUT2D eigenvalue weighted by molar-refractivity contribution is -0.142. The fourth-order valence-corrected chi connectivity index (χ4v) is 2.32. The molecule has 0 aromatic heterocycles. The number of carbonyl (C=O) groups excluding carboxylic acids is 1. The molecular weight excluding hydrogens is 289 g/mol. The van der Waals surface area contributed by atoms with Crippen LogP contribution in [0.4, 0.5) is 0 Å². The van der Waals surface area contributed by atoms with Gasteiger partial charge >= 0.3 is 5.97 Å². The van der Waals surface area contributed by atoms with Crippen molar-refractivity contribution in [3.63, 3.8) is 0 Å². The Morgan fingerprint density at radius 1 is 1.32 bits per heavy atom. The average Bonchev–Trinajstić information content (AvgIpc) is 3.16. The summed E-state index contributed by atoms with van der Waals surface area (Å²) in [5.74, 6) is -1.34. The van der Waals surface area contributed by atoms with Crippen LogP contribution in [0.15, 0.2) is 18.2 Å². The van der Waals surface area contributed by atoms with Crippen molar-refractivity contribution in [3.05, 3.63) is 33.8 Å². The van der Waals surface area contributed by atoms with E-state index in [4.69, 9.17) is 28.3 Å². The second-order valence-electron chi connectivity index (χ2n) is 4.58. The molecule has 0 heterocycles. The summed E-state index contributed by atoms with van der Waals surface area (Å²) in [7, 11) is 0. The molecule has 1 amide bonds. The second kappa shape index (κ2) is 5.80. The number of carbonyl (C=O) groups is 2. The minimum absolute atomic E-state index is 0.0384. The maximum absolute atomic E-state index is 11.6. The van der Waals surface area contributed by atoms with Crippen molar-refractivity contribution in [2.24, 2.45) is 5.92 Å². The van der Waals surface area contributed by atoms with Crippen molar-refractivity contribution in [1.29, 1.82) is 0 Å². The summed E-state index contributed by atoms with van der Waals surface area (Å²) in [4.78, 5) is 22.8. The summed E-state index contributed by atoms with van der Waals surface area (Å²) >= 11 is 12.0. The number of hydrogen-bond donors (Lipinski definition) is 2. The van der Waals surface area contributed by atoms with Crippen LogP contribution in [0.2, 0.25) is 10.0 Å². The van der Waals surface area contributed by atoms with Crippen LogP contribution in [-0.2, 0) is 16.0 Å². The van der Waals surface area contributed by atoms with Gasteiger partial charge in [-0.1, -0.05) is 29.3 Å². The van der Waals surface area contributed by atoms with Crippen LogP contribution in [0.3, 0.4) is 0 Å². The molecule has 0 saturated heterocycles. The van der Waals surface area contributed by atoms with E-state index in [1.807, 2.05) is 0 Å². The molecule has 2 N–H and O–H groups in total. The van der Waals surface area contributed by atoms with Crippen molar-refractivity contribution in [2.75, 3.05) is 0 Å². The number of hydrogen-bond acceptors (Lipinski definition) is 2. The van der Waals surface area contributed by atoms with Crippen LogP contribution in [-0.4, -0.2) is 23.0 Å². The fourth-order valence-electron chi connectivity index (χ4n) is 1.77. The average molecular weight is 302 g/mol. The molecule has 4 nitrogen and oxygen atoms in total. The second-order valence-corrected chi connectivity index (χ2v) is 5.39. The molecule has 1 saturated carbocycles. The van der Waals surface area contributed by atoms with E-state index in [1.165, 1.54) is 0 Å². The first-order valence-electron chi connectivity index (χ1n) is 5.95. The van der Waals surface area contributed by atoms with Gasteiger partial charge in [-0.25, -0.2) is 4.79 Å².